The van der Waals surface area contributed by atoms with Crippen molar-refractivity contribution in [3.63, 3.8) is 0 Å². The lowest BCUT2D eigenvalue weighted by Gasteiger charge is -2.29. The van der Waals surface area contributed by atoms with E-state index in [1.165, 1.54) is 6.07 Å². The molecule has 0 aliphatic carbocycles. The number of hydrogen-bond donors (Lipinski definition) is 3. The van der Waals surface area contributed by atoms with Crippen LogP contribution in [0.15, 0.2) is 18.2 Å². The lowest BCUT2D eigenvalue weighted by molar-refractivity contribution is 0.0698. The Morgan fingerprint density at radius 1 is 1.43 bits per heavy atom. The molecule has 1 fully saturated rings. The largest absolute Gasteiger partial charge is 0.478 e. The van der Waals surface area contributed by atoms with E-state index < -0.39 is 17.5 Å². The number of rotatable bonds is 3. The van der Waals surface area contributed by atoms with Crippen molar-refractivity contribution in [2.24, 2.45) is 0 Å². The van der Waals surface area contributed by atoms with Crippen LogP contribution in [0.3, 0.4) is 0 Å². The first-order chi connectivity index (χ1) is 9.82. The summed E-state index contributed by atoms with van der Waals surface area (Å²) in [7, 11) is 0. The maximum atomic E-state index is 12.1. The van der Waals surface area contributed by atoms with E-state index in [1.807, 2.05) is 13.8 Å². The Bertz CT molecular complexity index is 573. The number of aromatic carboxylic acids is 1. The third-order valence-electron chi connectivity index (χ3n) is 3.94. The summed E-state index contributed by atoms with van der Waals surface area (Å²) in [4.78, 5) is 23.3. The Balaban J connectivity index is 2.11. The minimum absolute atomic E-state index is 0.0750. The topological polar surface area (TPSA) is 87.7 Å². The molecule has 0 bridgehead atoms. The lowest BCUT2D eigenvalue weighted by Crippen LogP contribution is -2.52. The molecule has 0 saturated carbocycles. The molecule has 1 aromatic rings. The van der Waals surface area contributed by atoms with Crippen LogP contribution in [0.5, 0.6) is 0 Å². The Hall–Kier alpha value is -2.08. The average molecular weight is 292 g/mol. The molecule has 2 rings (SSSR count). The molecular formula is C15H20N2O4. The van der Waals surface area contributed by atoms with Crippen LogP contribution in [0.2, 0.25) is 0 Å². The summed E-state index contributed by atoms with van der Waals surface area (Å²) < 4.78 is 5.46. The second-order valence-corrected chi connectivity index (χ2v) is 5.61. The lowest BCUT2D eigenvalue weighted by atomic mass is 9.95. The van der Waals surface area contributed by atoms with Gasteiger partial charge in [0.05, 0.1) is 22.9 Å². The number of amides is 2. The molecule has 21 heavy (non-hydrogen) atoms. The molecule has 1 aromatic carbocycles. The van der Waals surface area contributed by atoms with E-state index in [9.17, 15) is 14.7 Å². The number of ether oxygens (including phenoxy) is 1. The number of aryl methyl sites for hydroxylation is 1. The van der Waals surface area contributed by atoms with Crippen LogP contribution in [0.4, 0.5) is 10.5 Å². The zero-order chi connectivity index (χ0) is 15.6. The molecule has 6 heteroatoms. The monoisotopic (exact) mass is 292 g/mol. The molecule has 6 nitrogen and oxygen atoms in total. The van der Waals surface area contributed by atoms with E-state index in [0.717, 1.165) is 12.0 Å². The third-order valence-corrected chi connectivity index (χ3v) is 3.94. The molecule has 0 spiro atoms. The second kappa shape index (κ2) is 5.73. The van der Waals surface area contributed by atoms with Crippen molar-refractivity contribution < 1.29 is 19.4 Å². The maximum absolute atomic E-state index is 12.1. The van der Waals surface area contributed by atoms with Crippen LogP contribution < -0.4 is 10.6 Å². The van der Waals surface area contributed by atoms with Gasteiger partial charge in [0, 0.05) is 6.61 Å². The highest BCUT2D eigenvalue weighted by Gasteiger charge is 2.38. The molecule has 1 aliphatic heterocycles. The number of carboxylic acids is 1. The van der Waals surface area contributed by atoms with Gasteiger partial charge in [-0.15, -0.1) is 0 Å². The van der Waals surface area contributed by atoms with Crippen LogP contribution in [0, 0.1) is 6.92 Å². The highest BCUT2D eigenvalue weighted by Crippen LogP contribution is 2.25. The van der Waals surface area contributed by atoms with Crippen LogP contribution in [0.25, 0.3) is 0 Å². The number of carboxylic acid groups (broad SMARTS) is 1. The number of carbonyl (C=O) groups is 2. The molecule has 3 N–H and O–H groups in total. The summed E-state index contributed by atoms with van der Waals surface area (Å²) in [5.74, 6) is -1.07. The van der Waals surface area contributed by atoms with E-state index in [2.05, 4.69) is 10.6 Å². The molecule has 2 atom stereocenters. The average Bonchev–Trinajstić information content (AvgIpc) is 2.71. The van der Waals surface area contributed by atoms with Gasteiger partial charge >= 0.3 is 12.0 Å². The molecule has 2 unspecified atom stereocenters. The zero-order valence-electron chi connectivity index (χ0n) is 12.4. The SMILES string of the molecule is Cc1ccc(NC(=O)NC2(C)CCOC2C)c(C(=O)O)c1. The summed E-state index contributed by atoms with van der Waals surface area (Å²) in [6.45, 7) is 6.22. The van der Waals surface area contributed by atoms with Crippen molar-refractivity contribution in [2.75, 3.05) is 11.9 Å². The normalized spacial score (nSPS) is 24.6. The second-order valence-electron chi connectivity index (χ2n) is 5.61. The smallest absolute Gasteiger partial charge is 0.337 e. The van der Waals surface area contributed by atoms with Gasteiger partial charge in [0.1, 0.15) is 0 Å². The molecule has 2 amide bonds. The first kappa shape index (κ1) is 15.3. The molecule has 1 aliphatic rings. The first-order valence-electron chi connectivity index (χ1n) is 6.86. The van der Waals surface area contributed by atoms with Gasteiger partial charge < -0.3 is 20.5 Å². The fraction of sp³-hybridized carbons (Fsp3) is 0.467. The summed E-state index contributed by atoms with van der Waals surface area (Å²) in [6, 6.07) is 4.45. The molecular weight excluding hydrogens is 272 g/mol. The number of carbonyl (C=O) groups excluding carboxylic acids is 1. The Morgan fingerprint density at radius 2 is 2.14 bits per heavy atom. The molecule has 0 radical (unpaired) electrons. The summed E-state index contributed by atoms with van der Waals surface area (Å²) >= 11 is 0. The zero-order valence-corrected chi connectivity index (χ0v) is 12.4. The minimum atomic E-state index is -1.07. The summed E-state index contributed by atoms with van der Waals surface area (Å²) in [6.07, 6.45) is 0.640. The summed E-state index contributed by atoms with van der Waals surface area (Å²) in [5, 5.41) is 14.7. The quantitative estimate of drug-likeness (QED) is 0.798. The predicted molar refractivity (Wildman–Crippen MR) is 78.7 cm³/mol. The minimum Gasteiger partial charge on any atom is -0.478 e. The van der Waals surface area contributed by atoms with E-state index >= 15 is 0 Å². The number of anilines is 1. The standard InChI is InChI=1S/C15H20N2O4/c1-9-4-5-12(11(8-9)13(18)19)16-14(20)17-15(3)6-7-21-10(15)2/h4-5,8,10H,6-7H2,1-3H3,(H,18,19)(H2,16,17,20). The Kier molecular flexibility index (Phi) is 4.18. The highest BCUT2D eigenvalue weighted by molar-refractivity contribution is 6.00. The maximum Gasteiger partial charge on any atom is 0.337 e. The van der Waals surface area contributed by atoms with Crippen molar-refractivity contribution >= 4 is 17.7 Å². The van der Waals surface area contributed by atoms with Gasteiger partial charge in [-0.25, -0.2) is 9.59 Å². The van der Waals surface area contributed by atoms with E-state index in [-0.39, 0.29) is 17.4 Å². The van der Waals surface area contributed by atoms with Gasteiger partial charge in [0.15, 0.2) is 0 Å². The van der Waals surface area contributed by atoms with Gasteiger partial charge in [-0.05, 0) is 39.3 Å². The van der Waals surface area contributed by atoms with Crippen molar-refractivity contribution in [2.45, 2.75) is 38.8 Å². The highest BCUT2D eigenvalue weighted by atomic mass is 16.5. The number of urea groups is 1. The predicted octanol–water partition coefficient (Wildman–Crippen LogP) is 2.38. The van der Waals surface area contributed by atoms with Crippen molar-refractivity contribution in [3.05, 3.63) is 29.3 Å². The molecule has 114 valence electrons. The first-order valence-corrected chi connectivity index (χ1v) is 6.86. The fourth-order valence-corrected chi connectivity index (χ4v) is 2.36. The summed E-state index contributed by atoms with van der Waals surface area (Å²) in [5.41, 5.74) is 0.730. The molecule has 0 aromatic heterocycles. The fourth-order valence-electron chi connectivity index (χ4n) is 2.36. The Morgan fingerprint density at radius 3 is 2.71 bits per heavy atom. The van der Waals surface area contributed by atoms with Crippen LogP contribution in [0.1, 0.15) is 36.2 Å². The van der Waals surface area contributed by atoms with Gasteiger partial charge in [-0.2, -0.15) is 0 Å². The molecule has 1 saturated heterocycles. The van der Waals surface area contributed by atoms with Crippen LogP contribution >= 0.6 is 0 Å². The third kappa shape index (κ3) is 3.33. The molecule has 1 heterocycles. The number of benzene rings is 1. The van der Waals surface area contributed by atoms with Crippen LogP contribution in [-0.4, -0.2) is 35.4 Å². The number of hydrogen-bond acceptors (Lipinski definition) is 3. The number of nitrogens with one attached hydrogen (secondary N) is 2. The Labute approximate surface area is 123 Å². The van der Waals surface area contributed by atoms with E-state index in [1.54, 1.807) is 19.1 Å². The van der Waals surface area contributed by atoms with Gasteiger partial charge in [-0.1, -0.05) is 11.6 Å². The van der Waals surface area contributed by atoms with Crippen molar-refractivity contribution in [1.29, 1.82) is 0 Å². The van der Waals surface area contributed by atoms with E-state index in [0.29, 0.717) is 6.61 Å². The van der Waals surface area contributed by atoms with Gasteiger partial charge in [-0.3, -0.25) is 0 Å². The van der Waals surface area contributed by atoms with Crippen molar-refractivity contribution in [3.8, 4) is 0 Å². The van der Waals surface area contributed by atoms with Gasteiger partial charge in [0.2, 0.25) is 0 Å². The van der Waals surface area contributed by atoms with E-state index in [4.69, 9.17) is 4.74 Å². The van der Waals surface area contributed by atoms with Crippen LogP contribution in [-0.2, 0) is 4.74 Å². The van der Waals surface area contributed by atoms with Crippen molar-refractivity contribution in [1.82, 2.24) is 5.32 Å². The van der Waals surface area contributed by atoms with Gasteiger partial charge in [0.25, 0.3) is 0 Å².